The normalized spacial score (nSPS) is 11.8. The molecule has 0 spiro atoms. The number of rotatable bonds is 5. The Morgan fingerprint density at radius 3 is 2.67 bits per heavy atom. The van der Waals surface area contributed by atoms with Crippen molar-refractivity contribution < 1.29 is 9.53 Å². The molecule has 3 N–H and O–H groups in total. The third-order valence-corrected chi connectivity index (χ3v) is 2.53. The second-order valence-corrected chi connectivity index (χ2v) is 4.39. The van der Waals surface area contributed by atoms with Crippen LogP contribution in [0.3, 0.4) is 0 Å². The Kier molecular flexibility index (Phi) is 7.59. The summed E-state index contributed by atoms with van der Waals surface area (Å²) in [6.45, 7) is 4.37. The number of nitrogens with one attached hydrogen (secondary N) is 1. The molecular formula is C13H21ClN2O2. The monoisotopic (exact) mass is 272 g/mol. The van der Waals surface area contributed by atoms with Gasteiger partial charge in [0, 0.05) is 12.8 Å². The summed E-state index contributed by atoms with van der Waals surface area (Å²) in [4.78, 5) is 11.8. The van der Waals surface area contributed by atoms with E-state index in [1.807, 2.05) is 38.1 Å². The lowest BCUT2D eigenvalue weighted by Crippen LogP contribution is -2.39. The standard InChI is InChI=1S/C13H20N2O2.ClH/c1-9(2)12(14)13(16)15-11-6-4-5-10(7-11)8-17-3;/h4-7,9,12H,8,14H2,1-3H3,(H,15,16);1H. The first-order valence-electron chi connectivity index (χ1n) is 5.69. The van der Waals surface area contributed by atoms with Gasteiger partial charge in [0.15, 0.2) is 0 Å². The number of nitrogens with two attached hydrogens (primary N) is 1. The van der Waals surface area contributed by atoms with Crippen LogP contribution in [0, 0.1) is 5.92 Å². The van der Waals surface area contributed by atoms with Crippen molar-refractivity contribution in [2.75, 3.05) is 12.4 Å². The van der Waals surface area contributed by atoms with Gasteiger partial charge in [0.1, 0.15) is 0 Å². The van der Waals surface area contributed by atoms with Crippen LogP contribution < -0.4 is 11.1 Å². The van der Waals surface area contributed by atoms with Gasteiger partial charge < -0.3 is 15.8 Å². The summed E-state index contributed by atoms with van der Waals surface area (Å²) < 4.78 is 5.04. The summed E-state index contributed by atoms with van der Waals surface area (Å²) in [6.07, 6.45) is 0. The predicted molar refractivity (Wildman–Crippen MR) is 75.8 cm³/mol. The fourth-order valence-electron chi connectivity index (χ4n) is 1.43. The van der Waals surface area contributed by atoms with E-state index in [1.54, 1.807) is 7.11 Å². The van der Waals surface area contributed by atoms with Crippen molar-refractivity contribution in [2.45, 2.75) is 26.5 Å². The molecule has 5 heteroatoms. The minimum atomic E-state index is -0.485. The third-order valence-electron chi connectivity index (χ3n) is 2.53. The Labute approximate surface area is 114 Å². The van der Waals surface area contributed by atoms with Crippen LogP contribution >= 0.6 is 12.4 Å². The molecule has 1 rings (SSSR count). The number of halogens is 1. The number of amides is 1. The molecule has 1 aromatic carbocycles. The van der Waals surface area contributed by atoms with Crippen LogP contribution in [-0.2, 0) is 16.1 Å². The van der Waals surface area contributed by atoms with E-state index < -0.39 is 6.04 Å². The summed E-state index contributed by atoms with van der Waals surface area (Å²) in [7, 11) is 1.64. The van der Waals surface area contributed by atoms with Gasteiger partial charge in [0.2, 0.25) is 5.91 Å². The van der Waals surface area contributed by atoms with Crippen molar-refractivity contribution >= 4 is 24.0 Å². The highest BCUT2D eigenvalue weighted by Gasteiger charge is 2.16. The zero-order valence-corrected chi connectivity index (χ0v) is 11.8. The van der Waals surface area contributed by atoms with Gasteiger partial charge >= 0.3 is 0 Å². The lowest BCUT2D eigenvalue weighted by Gasteiger charge is -2.15. The zero-order valence-electron chi connectivity index (χ0n) is 11.0. The number of carbonyl (C=O) groups excluding carboxylic acids is 1. The Balaban J connectivity index is 0.00000289. The zero-order chi connectivity index (χ0) is 12.8. The van der Waals surface area contributed by atoms with E-state index in [0.717, 1.165) is 11.3 Å². The summed E-state index contributed by atoms with van der Waals surface area (Å²) in [5.74, 6) is -0.0354. The molecule has 1 aromatic rings. The second-order valence-electron chi connectivity index (χ2n) is 4.39. The van der Waals surface area contributed by atoms with E-state index in [-0.39, 0.29) is 24.2 Å². The summed E-state index contributed by atoms with van der Waals surface area (Å²) >= 11 is 0. The molecule has 1 unspecified atom stereocenters. The molecule has 102 valence electrons. The van der Waals surface area contributed by atoms with Crippen LogP contribution in [0.4, 0.5) is 5.69 Å². The average Bonchev–Trinajstić information content (AvgIpc) is 2.28. The first kappa shape index (κ1) is 16.9. The van der Waals surface area contributed by atoms with E-state index in [9.17, 15) is 4.79 Å². The van der Waals surface area contributed by atoms with Crippen molar-refractivity contribution in [3.63, 3.8) is 0 Å². The van der Waals surface area contributed by atoms with E-state index in [0.29, 0.717) is 6.61 Å². The van der Waals surface area contributed by atoms with Crippen LogP contribution in [0.5, 0.6) is 0 Å². The predicted octanol–water partition coefficient (Wildman–Crippen LogP) is 2.18. The van der Waals surface area contributed by atoms with Gasteiger partial charge in [-0.05, 0) is 23.6 Å². The van der Waals surface area contributed by atoms with Crippen molar-refractivity contribution in [3.05, 3.63) is 29.8 Å². The number of anilines is 1. The molecule has 0 aromatic heterocycles. The largest absolute Gasteiger partial charge is 0.380 e. The number of hydrogen-bond acceptors (Lipinski definition) is 3. The molecule has 0 heterocycles. The van der Waals surface area contributed by atoms with Gasteiger partial charge in [0.25, 0.3) is 0 Å². The van der Waals surface area contributed by atoms with Gasteiger partial charge in [-0.3, -0.25) is 4.79 Å². The lowest BCUT2D eigenvalue weighted by molar-refractivity contribution is -0.118. The van der Waals surface area contributed by atoms with E-state index >= 15 is 0 Å². The first-order chi connectivity index (χ1) is 8.04. The minimum absolute atomic E-state index is 0. The second kappa shape index (κ2) is 8.08. The maximum Gasteiger partial charge on any atom is 0.241 e. The van der Waals surface area contributed by atoms with Crippen LogP contribution in [0.1, 0.15) is 19.4 Å². The molecule has 1 atom stereocenters. The Bertz CT molecular complexity index is 383. The summed E-state index contributed by atoms with van der Waals surface area (Å²) in [5, 5.41) is 2.80. The molecule has 4 nitrogen and oxygen atoms in total. The van der Waals surface area contributed by atoms with Gasteiger partial charge in [0.05, 0.1) is 12.6 Å². The first-order valence-corrected chi connectivity index (χ1v) is 5.69. The van der Waals surface area contributed by atoms with Crippen molar-refractivity contribution in [3.8, 4) is 0 Å². The van der Waals surface area contributed by atoms with E-state index in [2.05, 4.69) is 5.32 Å². The minimum Gasteiger partial charge on any atom is -0.380 e. The molecule has 0 fully saturated rings. The van der Waals surface area contributed by atoms with Gasteiger partial charge in [-0.25, -0.2) is 0 Å². The Morgan fingerprint density at radius 1 is 1.44 bits per heavy atom. The number of carbonyl (C=O) groups is 1. The quantitative estimate of drug-likeness (QED) is 0.863. The molecule has 0 saturated heterocycles. The van der Waals surface area contributed by atoms with Crippen LogP contribution in [0.25, 0.3) is 0 Å². The molecule has 0 aliphatic rings. The van der Waals surface area contributed by atoms with Crippen LogP contribution in [-0.4, -0.2) is 19.1 Å². The SMILES string of the molecule is COCc1cccc(NC(=O)C(N)C(C)C)c1.Cl. The lowest BCUT2D eigenvalue weighted by atomic mass is 10.0. The average molecular weight is 273 g/mol. The molecule has 1 amide bonds. The van der Waals surface area contributed by atoms with E-state index in [1.165, 1.54) is 0 Å². The highest BCUT2D eigenvalue weighted by Crippen LogP contribution is 2.12. The Hall–Kier alpha value is -1.10. The van der Waals surface area contributed by atoms with Gasteiger partial charge in [-0.1, -0.05) is 26.0 Å². The molecule has 0 saturated carbocycles. The van der Waals surface area contributed by atoms with Crippen LogP contribution in [0.2, 0.25) is 0 Å². The summed E-state index contributed by atoms with van der Waals surface area (Å²) in [5.41, 5.74) is 7.54. The highest BCUT2D eigenvalue weighted by molar-refractivity contribution is 5.94. The maximum atomic E-state index is 11.8. The maximum absolute atomic E-state index is 11.8. The fraction of sp³-hybridized carbons (Fsp3) is 0.462. The van der Waals surface area contributed by atoms with Gasteiger partial charge in [-0.2, -0.15) is 0 Å². The molecule has 0 aliphatic carbocycles. The Morgan fingerprint density at radius 2 is 2.11 bits per heavy atom. The molecular weight excluding hydrogens is 252 g/mol. The number of benzene rings is 1. The number of methoxy groups -OCH3 is 1. The molecule has 0 radical (unpaired) electrons. The van der Waals surface area contributed by atoms with Gasteiger partial charge in [-0.15, -0.1) is 12.4 Å². The smallest absolute Gasteiger partial charge is 0.241 e. The molecule has 0 aliphatic heterocycles. The number of ether oxygens (including phenoxy) is 1. The van der Waals surface area contributed by atoms with Crippen LogP contribution in [0.15, 0.2) is 24.3 Å². The number of hydrogen-bond donors (Lipinski definition) is 2. The van der Waals surface area contributed by atoms with Crippen molar-refractivity contribution in [1.29, 1.82) is 0 Å². The molecule has 18 heavy (non-hydrogen) atoms. The van der Waals surface area contributed by atoms with Crippen molar-refractivity contribution in [1.82, 2.24) is 0 Å². The summed E-state index contributed by atoms with van der Waals surface area (Å²) in [6, 6.07) is 7.06. The fourth-order valence-corrected chi connectivity index (χ4v) is 1.43. The molecule has 0 bridgehead atoms. The topological polar surface area (TPSA) is 64.3 Å². The van der Waals surface area contributed by atoms with E-state index in [4.69, 9.17) is 10.5 Å². The third kappa shape index (κ3) is 5.04. The van der Waals surface area contributed by atoms with Crippen molar-refractivity contribution in [2.24, 2.45) is 11.7 Å². The highest BCUT2D eigenvalue weighted by atomic mass is 35.5.